The molecule has 21 heavy (non-hydrogen) atoms. The monoisotopic (exact) mass is 349 g/mol. The van der Waals surface area contributed by atoms with E-state index < -0.39 is 0 Å². The predicted molar refractivity (Wildman–Crippen MR) is 91.1 cm³/mol. The molecule has 0 aliphatic heterocycles. The fourth-order valence-electron chi connectivity index (χ4n) is 1.81. The molecule has 2 N–H and O–H groups in total. The van der Waals surface area contributed by atoms with Crippen LogP contribution in [0.4, 0.5) is 17.5 Å². The van der Waals surface area contributed by atoms with E-state index in [0.717, 1.165) is 35.5 Å². The standard InChI is InChI=1S/C15H20BrN5/c1-21(2)11-5-9-17-15-18-10-8-14(20-15)19-13-7-4-3-6-12(13)16/h3-4,6-8,10H,5,9,11H2,1-2H3,(H2,17,18,19,20). The van der Waals surface area contributed by atoms with Gasteiger partial charge in [-0.2, -0.15) is 4.98 Å². The Hall–Kier alpha value is -1.66. The number of nitrogens with zero attached hydrogens (tertiary/aromatic N) is 3. The van der Waals surface area contributed by atoms with Crippen molar-refractivity contribution < 1.29 is 0 Å². The van der Waals surface area contributed by atoms with Crippen LogP contribution in [0.25, 0.3) is 0 Å². The SMILES string of the molecule is CN(C)CCCNc1nccc(Nc2ccccc2Br)n1. The van der Waals surface area contributed by atoms with E-state index in [9.17, 15) is 0 Å². The van der Waals surface area contributed by atoms with Crippen LogP contribution in [-0.4, -0.2) is 42.1 Å². The Bertz CT molecular complexity index is 573. The van der Waals surface area contributed by atoms with E-state index in [0.29, 0.717) is 5.95 Å². The van der Waals surface area contributed by atoms with E-state index in [1.54, 1.807) is 6.20 Å². The van der Waals surface area contributed by atoms with Crippen LogP contribution < -0.4 is 10.6 Å². The van der Waals surface area contributed by atoms with Crippen molar-refractivity contribution in [2.45, 2.75) is 6.42 Å². The van der Waals surface area contributed by atoms with Crippen LogP contribution in [-0.2, 0) is 0 Å². The number of para-hydroxylation sites is 1. The summed E-state index contributed by atoms with van der Waals surface area (Å²) in [6.45, 7) is 1.90. The molecular weight excluding hydrogens is 330 g/mol. The number of anilines is 3. The summed E-state index contributed by atoms with van der Waals surface area (Å²) in [6, 6.07) is 9.80. The molecule has 0 amide bonds. The van der Waals surface area contributed by atoms with E-state index in [2.05, 4.69) is 55.5 Å². The Kier molecular flexibility index (Phi) is 5.95. The molecule has 0 saturated carbocycles. The molecule has 2 rings (SSSR count). The second kappa shape index (κ2) is 7.95. The smallest absolute Gasteiger partial charge is 0.224 e. The molecule has 0 aliphatic rings. The highest BCUT2D eigenvalue weighted by Crippen LogP contribution is 2.24. The lowest BCUT2D eigenvalue weighted by Crippen LogP contribution is -2.17. The molecule has 0 saturated heterocycles. The number of hydrogen-bond donors (Lipinski definition) is 2. The zero-order valence-electron chi connectivity index (χ0n) is 12.3. The maximum absolute atomic E-state index is 4.46. The molecule has 6 heteroatoms. The van der Waals surface area contributed by atoms with Gasteiger partial charge in [-0.05, 0) is 61.2 Å². The molecule has 5 nitrogen and oxygen atoms in total. The van der Waals surface area contributed by atoms with Gasteiger partial charge in [0.05, 0.1) is 5.69 Å². The second-order valence-corrected chi connectivity index (χ2v) is 5.81. The molecule has 0 unspecified atom stereocenters. The van der Waals surface area contributed by atoms with Crippen LogP contribution in [0.3, 0.4) is 0 Å². The summed E-state index contributed by atoms with van der Waals surface area (Å²) in [7, 11) is 4.14. The van der Waals surface area contributed by atoms with Crippen molar-refractivity contribution in [3.05, 3.63) is 41.0 Å². The van der Waals surface area contributed by atoms with Crippen molar-refractivity contribution in [2.24, 2.45) is 0 Å². The minimum absolute atomic E-state index is 0.644. The molecule has 0 bridgehead atoms. The molecule has 1 heterocycles. The average molecular weight is 350 g/mol. The third kappa shape index (κ3) is 5.32. The molecule has 2 aromatic rings. The molecule has 1 aromatic heterocycles. The van der Waals surface area contributed by atoms with E-state index in [1.165, 1.54) is 0 Å². The van der Waals surface area contributed by atoms with Gasteiger partial charge in [0.25, 0.3) is 0 Å². The number of nitrogens with one attached hydrogen (secondary N) is 2. The minimum Gasteiger partial charge on any atom is -0.354 e. The molecular formula is C15H20BrN5. The zero-order chi connectivity index (χ0) is 15.1. The topological polar surface area (TPSA) is 53.1 Å². The van der Waals surface area contributed by atoms with Gasteiger partial charge in [0.2, 0.25) is 5.95 Å². The number of halogens is 1. The second-order valence-electron chi connectivity index (χ2n) is 4.95. The van der Waals surface area contributed by atoms with Gasteiger partial charge in [-0.25, -0.2) is 4.98 Å². The summed E-state index contributed by atoms with van der Waals surface area (Å²) in [5.41, 5.74) is 0.981. The quantitative estimate of drug-likeness (QED) is 0.750. The van der Waals surface area contributed by atoms with Crippen LogP contribution >= 0.6 is 15.9 Å². The Morgan fingerprint density at radius 1 is 1.19 bits per heavy atom. The lowest BCUT2D eigenvalue weighted by Gasteiger charge is -2.11. The van der Waals surface area contributed by atoms with Gasteiger partial charge >= 0.3 is 0 Å². The van der Waals surface area contributed by atoms with E-state index in [1.807, 2.05) is 30.3 Å². The number of rotatable bonds is 7. The number of aromatic nitrogens is 2. The maximum atomic E-state index is 4.46. The van der Waals surface area contributed by atoms with Crippen molar-refractivity contribution in [2.75, 3.05) is 37.8 Å². The van der Waals surface area contributed by atoms with Crippen LogP contribution in [0, 0.1) is 0 Å². The summed E-state index contributed by atoms with van der Waals surface area (Å²) in [5, 5.41) is 6.52. The highest BCUT2D eigenvalue weighted by molar-refractivity contribution is 9.10. The lowest BCUT2D eigenvalue weighted by molar-refractivity contribution is 0.405. The first-order valence-electron chi connectivity index (χ1n) is 6.88. The highest BCUT2D eigenvalue weighted by Gasteiger charge is 2.02. The molecule has 1 aromatic carbocycles. The lowest BCUT2D eigenvalue weighted by atomic mass is 10.3. The van der Waals surface area contributed by atoms with Crippen LogP contribution in [0.1, 0.15) is 6.42 Å². The van der Waals surface area contributed by atoms with Gasteiger partial charge in [0.1, 0.15) is 5.82 Å². The van der Waals surface area contributed by atoms with E-state index >= 15 is 0 Å². The molecule has 0 radical (unpaired) electrons. The summed E-state index contributed by atoms with van der Waals surface area (Å²) in [6.07, 6.45) is 2.80. The fraction of sp³-hybridized carbons (Fsp3) is 0.333. The van der Waals surface area contributed by atoms with Crippen LogP contribution in [0.2, 0.25) is 0 Å². The van der Waals surface area contributed by atoms with Crippen molar-refractivity contribution in [1.82, 2.24) is 14.9 Å². The Morgan fingerprint density at radius 2 is 2.00 bits per heavy atom. The summed E-state index contributed by atoms with van der Waals surface area (Å²) >= 11 is 3.51. The Balaban J connectivity index is 1.93. The Morgan fingerprint density at radius 3 is 2.76 bits per heavy atom. The summed E-state index contributed by atoms with van der Waals surface area (Å²) < 4.78 is 1.00. The normalized spacial score (nSPS) is 10.7. The van der Waals surface area contributed by atoms with Crippen LogP contribution in [0.15, 0.2) is 41.0 Å². The van der Waals surface area contributed by atoms with Gasteiger partial charge in [0, 0.05) is 17.2 Å². The Labute approximate surface area is 133 Å². The third-order valence-corrected chi connectivity index (χ3v) is 3.55. The molecule has 0 aliphatic carbocycles. The average Bonchev–Trinajstić information content (AvgIpc) is 2.46. The van der Waals surface area contributed by atoms with Gasteiger partial charge in [-0.3, -0.25) is 0 Å². The molecule has 112 valence electrons. The largest absolute Gasteiger partial charge is 0.354 e. The fourth-order valence-corrected chi connectivity index (χ4v) is 2.19. The van der Waals surface area contributed by atoms with Crippen molar-refractivity contribution >= 4 is 33.4 Å². The summed E-state index contributed by atoms with van der Waals surface area (Å²) in [4.78, 5) is 10.9. The van der Waals surface area contributed by atoms with E-state index in [4.69, 9.17) is 0 Å². The van der Waals surface area contributed by atoms with Crippen molar-refractivity contribution in [3.63, 3.8) is 0 Å². The molecule has 0 atom stereocenters. The van der Waals surface area contributed by atoms with Gasteiger partial charge in [-0.1, -0.05) is 12.1 Å². The highest BCUT2D eigenvalue weighted by atomic mass is 79.9. The van der Waals surface area contributed by atoms with Crippen LogP contribution in [0.5, 0.6) is 0 Å². The maximum Gasteiger partial charge on any atom is 0.224 e. The molecule has 0 fully saturated rings. The first-order chi connectivity index (χ1) is 10.1. The van der Waals surface area contributed by atoms with Gasteiger partial charge in [-0.15, -0.1) is 0 Å². The predicted octanol–water partition coefficient (Wildman–Crippen LogP) is 3.35. The van der Waals surface area contributed by atoms with Crippen molar-refractivity contribution in [1.29, 1.82) is 0 Å². The van der Waals surface area contributed by atoms with Gasteiger partial charge < -0.3 is 15.5 Å². The number of benzene rings is 1. The third-order valence-electron chi connectivity index (χ3n) is 2.86. The summed E-state index contributed by atoms with van der Waals surface area (Å²) in [5.74, 6) is 1.41. The minimum atomic E-state index is 0.644. The first kappa shape index (κ1) is 15.7. The van der Waals surface area contributed by atoms with Crippen molar-refractivity contribution in [3.8, 4) is 0 Å². The van der Waals surface area contributed by atoms with E-state index in [-0.39, 0.29) is 0 Å². The first-order valence-corrected chi connectivity index (χ1v) is 7.67. The number of hydrogen-bond acceptors (Lipinski definition) is 5. The molecule has 0 spiro atoms. The zero-order valence-corrected chi connectivity index (χ0v) is 13.9. The van der Waals surface area contributed by atoms with Gasteiger partial charge in [0.15, 0.2) is 0 Å².